The molecule has 7 heteroatoms. The fraction of sp³-hybridized carbons (Fsp3) is 0.320. The second-order valence-corrected chi connectivity index (χ2v) is 7.30. The van der Waals surface area contributed by atoms with Crippen molar-refractivity contribution in [2.75, 3.05) is 45.8 Å². The molecule has 1 aromatic heterocycles. The van der Waals surface area contributed by atoms with Crippen molar-refractivity contribution in [2.45, 2.75) is 13.3 Å². The van der Waals surface area contributed by atoms with Crippen molar-refractivity contribution in [3.05, 3.63) is 65.9 Å². The Bertz CT molecular complexity index is 998. The summed E-state index contributed by atoms with van der Waals surface area (Å²) in [5, 5.41) is 5.92. The quantitative estimate of drug-likeness (QED) is 0.405. The number of amides is 1. The van der Waals surface area contributed by atoms with Gasteiger partial charge in [-0.3, -0.25) is 4.79 Å². The Morgan fingerprint density at radius 3 is 2.50 bits per heavy atom. The van der Waals surface area contributed by atoms with E-state index in [0.29, 0.717) is 42.8 Å². The maximum Gasteiger partial charge on any atom is 0.291 e. The van der Waals surface area contributed by atoms with Gasteiger partial charge < -0.3 is 29.3 Å². The first-order chi connectivity index (χ1) is 15.6. The van der Waals surface area contributed by atoms with Gasteiger partial charge in [-0.05, 0) is 39.1 Å². The normalized spacial score (nSPS) is 10.7. The van der Waals surface area contributed by atoms with Gasteiger partial charge in [0.05, 0.1) is 13.7 Å². The molecule has 7 nitrogen and oxygen atoms in total. The molecule has 0 spiro atoms. The molecule has 0 unspecified atom stereocenters. The van der Waals surface area contributed by atoms with Gasteiger partial charge in [-0.1, -0.05) is 29.8 Å². The third-order valence-electron chi connectivity index (χ3n) is 4.75. The van der Waals surface area contributed by atoms with Crippen LogP contribution in [-0.2, 0) is 4.74 Å². The van der Waals surface area contributed by atoms with Crippen LogP contribution in [0.2, 0.25) is 0 Å². The largest absolute Gasteiger partial charge is 0.497 e. The van der Waals surface area contributed by atoms with Crippen LogP contribution >= 0.6 is 0 Å². The van der Waals surface area contributed by atoms with Crippen molar-refractivity contribution in [1.29, 1.82) is 0 Å². The molecule has 3 aromatic rings. The van der Waals surface area contributed by atoms with Crippen molar-refractivity contribution in [3.8, 4) is 22.8 Å². The maximum absolute atomic E-state index is 12.7. The molecule has 0 aliphatic rings. The van der Waals surface area contributed by atoms with E-state index in [4.69, 9.17) is 18.6 Å². The van der Waals surface area contributed by atoms with Crippen LogP contribution in [0.4, 0.5) is 5.69 Å². The number of methoxy groups -OCH3 is 1. The molecular formula is C25H30N2O5. The second-order valence-electron chi connectivity index (χ2n) is 7.30. The second kappa shape index (κ2) is 11.9. The minimum atomic E-state index is -0.351. The smallest absolute Gasteiger partial charge is 0.291 e. The van der Waals surface area contributed by atoms with Crippen LogP contribution in [0.15, 0.2) is 59.0 Å². The van der Waals surface area contributed by atoms with Gasteiger partial charge in [0, 0.05) is 36.1 Å². The number of hydrogen-bond donors (Lipinski definition) is 2. The zero-order valence-corrected chi connectivity index (χ0v) is 18.8. The molecule has 1 amide bonds. The third kappa shape index (κ3) is 6.87. The minimum Gasteiger partial charge on any atom is -0.497 e. The van der Waals surface area contributed by atoms with Gasteiger partial charge in [0.2, 0.25) is 0 Å². The van der Waals surface area contributed by atoms with Gasteiger partial charge >= 0.3 is 0 Å². The predicted octanol–water partition coefficient (Wildman–Crippen LogP) is 4.52. The van der Waals surface area contributed by atoms with Crippen molar-refractivity contribution in [2.24, 2.45) is 0 Å². The van der Waals surface area contributed by atoms with E-state index in [1.165, 1.54) is 0 Å². The molecule has 1 heterocycles. The van der Waals surface area contributed by atoms with E-state index in [2.05, 4.69) is 10.6 Å². The summed E-state index contributed by atoms with van der Waals surface area (Å²) in [4.78, 5) is 12.7. The topological polar surface area (TPSA) is 82.0 Å². The predicted molar refractivity (Wildman–Crippen MR) is 125 cm³/mol. The first kappa shape index (κ1) is 23.4. The molecule has 32 heavy (non-hydrogen) atoms. The molecule has 170 valence electrons. The standard InChI is InChI=1S/C25H30N2O5/c1-18-5-7-19(8-6-18)23-9-10-24(32-23)25(28)27-20-15-21(29-3)17-22(16-20)31-14-13-30-12-4-11-26-2/h5-10,15-17,26H,4,11-14H2,1-3H3,(H,27,28). The zero-order chi connectivity index (χ0) is 22.8. The van der Waals surface area contributed by atoms with Crippen LogP contribution in [0.25, 0.3) is 11.3 Å². The third-order valence-corrected chi connectivity index (χ3v) is 4.75. The molecule has 0 bridgehead atoms. The highest BCUT2D eigenvalue weighted by Gasteiger charge is 2.14. The highest BCUT2D eigenvalue weighted by molar-refractivity contribution is 6.02. The molecule has 0 fully saturated rings. The summed E-state index contributed by atoms with van der Waals surface area (Å²) in [5.41, 5.74) is 2.63. The molecule has 0 saturated carbocycles. The number of nitrogens with one attached hydrogen (secondary N) is 2. The molecule has 0 radical (unpaired) electrons. The average molecular weight is 439 g/mol. The fourth-order valence-electron chi connectivity index (χ4n) is 3.04. The van der Waals surface area contributed by atoms with E-state index in [-0.39, 0.29) is 11.7 Å². The molecule has 0 aliphatic heterocycles. The molecule has 0 atom stereocenters. The first-order valence-electron chi connectivity index (χ1n) is 10.6. The van der Waals surface area contributed by atoms with E-state index in [1.807, 2.05) is 38.2 Å². The first-order valence-corrected chi connectivity index (χ1v) is 10.6. The zero-order valence-electron chi connectivity index (χ0n) is 18.8. The van der Waals surface area contributed by atoms with Gasteiger partial charge in [-0.2, -0.15) is 0 Å². The lowest BCUT2D eigenvalue weighted by molar-refractivity contribution is 0.0984. The Labute approximate surface area is 188 Å². The monoisotopic (exact) mass is 438 g/mol. The molecule has 2 aromatic carbocycles. The molecular weight excluding hydrogens is 408 g/mol. The van der Waals surface area contributed by atoms with Crippen LogP contribution in [0.5, 0.6) is 11.5 Å². The number of carbonyl (C=O) groups excluding carboxylic acids is 1. The van der Waals surface area contributed by atoms with Crippen molar-refractivity contribution >= 4 is 11.6 Å². The Kier molecular flexibility index (Phi) is 8.71. The van der Waals surface area contributed by atoms with Gasteiger partial charge in [-0.15, -0.1) is 0 Å². The Hall–Kier alpha value is -3.29. The number of aryl methyl sites for hydroxylation is 1. The summed E-state index contributed by atoms with van der Waals surface area (Å²) in [6.45, 7) is 4.50. The number of hydrogen-bond acceptors (Lipinski definition) is 6. The molecule has 3 rings (SSSR count). The van der Waals surface area contributed by atoms with Crippen LogP contribution in [-0.4, -0.2) is 46.4 Å². The summed E-state index contributed by atoms with van der Waals surface area (Å²) in [6.07, 6.45) is 0.949. The lowest BCUT2D eigenvalue weighted by atomic mass is 10.1. The van der Waals surface area contributed by atoms with Crippen molar-refractivity contribution < 1.29 is 23.4 Å². The Morgan fingerprint density at radius 1 is 0.969 bits per heavy atom. The van der Waals surface area contributed by atoms with Gasteiger partial charge in [0.1, 0.15) is 23.9 Å². The summed E-state index contributed by atoms with van der Waals surface area (Å²) in [5.74, 6) is 1.67. The van der Waals surface area contributed by atoms with E-state index >= 15 is 0 Å². The van der Waals surface area contributed by atoms with E-state index in [0.717, 1.165) is 24.1 Å². The maximum atomic E-state index is 12.7. The highest BCUT2D eigenvalue weighted by Crippen LogP contribution is 2.27. The average Bonchev–Trinajstić information content (AvgIpc) is 3.29. The van der Waals surface area contributed by atoms with Crippen molar-refractivity contribution in [1.82, 2.24) is 5.32 Å². The minimum absolute atomic E-state index is 0.223. The van der Waals surface area contributed by atoms with E-state index in [9.17, 15) is 4.79 Å². The number of benzene rings is 2. The summed E-state index contributed by atoms with van der Waals surface area (Å²) < 4.78 is 22.4. The molecule has 0 saturated heterocycles. The van der Waals surface area contributed by atoms with E-state index < -0.39 is 0 Å². The van der Waals surface area contributed by atoms with Gasteiger partial charge in [-0.25, -0.2) is 0 Å². The van der Waals surface area contributed by atoms with E-state index in [1.54, 1.807) is 37.4 Å². The van der Waals surface area contributed by atoms with Crippen LogP contribution < -0.4 is 20.1 Å². The lowest BCUT2D eigenvalue weighted by Gasteiger charge is -2.11. The summed E-state index contributed by atoms with van der Waals surface area (Å²) >= 11 is 0. The molecule has 0 aliphatic carbocycles. The number of ether oxygens (including phenoxy) is 3. The number of furan rings is 1. The summed E-state index contributed by atoms with van der Waals surface area (Å²) in [6, 6.07) is 16.6. The van der Waals surface area contributed by atoms with Crippen LogP contribution in [0.3, 0.4) is 0 Å². The van der Waals surface area contributed by atoms with Gasteiger partial charge in [0.25, 0.3) is 5.91 Å². The Balaban J connectivity index is 1.59. The number of rotatable bonds is 12. The van der Waals surface area contributed by atoms with Crippen LogP contribution in [0.1, 0.15) is 22.5 Å². The summed E-state index contributed by atoms with van der Waals surface area (Å²) in [7, 11) is 3.48. The SMILES string of the molecule is CNCCCOCCOc1cc(NC(=O)c2ccc(-c3ccc(C)cc3)o2)cc(OC)c1. The van der Waals surface area contributed by atoms with Crippen molar-refractivity contribution in [3.63, 3.8) is 0 Å². The lowest BCUT2D eigenvalue weighted by Crippen LogP contribution is -2.13. The van der Waals surface area contributed by atoms with Gasteiger partial charge in [0.15, 0.2) is 5.76 Å². The highest BCUT2D eigenvalue weighted by atomic mass is 16.5. The molecule has 2 N–H and O–H groups in total. The number of anilines is 1. The van der Waals surface area contributed by atoms with Crippen LogP contribution in [0, 0.1) is 6.92 Å². The Morgan fingerprint density at radius 2 is 1.75 bits per heavy atom. The number of carbonyl (C=O) groups is 1. The fourth-order valence-corrected chi connectivity index (χ4v) is 3.04.